The molecule has 0 bridgehead atoms. The largest absolute Gasteiger partial charge is 0.463 e. The van der Waals surface area contributed by atoms with E-state index in [1.807, 2.05) is 0 Å². The second-order valence-corrected chi connectivity index (χ2v) is 6.97. The minimum Gasteiger partial charge on any atom is -0.463 e. The zero-order valence-corrected chi connectivity index (χ0v) is 18.4. The van der Waals surface area contributed by atoms with Gasteiger partial charge in [0.15, 0.2) is 24.5 Å². The number of aromatic nitrogens is 3. The summed E-state index contributed by atoms with van der Waals surface area (Å²) < 4.78 is 28.3. The van der Waals surface area contributed by atoms with Crippen LogP contribution >= 0.6 is 15.9 Å². The SMILES string of the molecule is CC(=O)OC[C@H]1OC(n2cc(CBr)nn2)[C@H](OC(C)=O)[C@@H](OC(C)=O)[C@@H]1OC(C)=O. The summed E-state index contributed by atoms with van der Waals surface area (Å²) in [4.78, 5) is 46.5. The molecular formula is C17H22BrN3O9. The standard InChI is InChI=1S/C17H22BrN3O9/c1-8(22)26-7-13-14(27-9(2)23)15(28-10(3)24)16(29-11(4)25)17(30-13)21-6-12(5-18)19-20-21/h6,13-17H,5,7H2,1-4H3/t13-,14-,15+,16-,17?/m1/s1. The molecule has 1 saturated heterocycles. The highest BCUT2D eigenvalue weighted by molar-refractivity contribution is 9.08. The van der Waals surface area contributed by atoms with Gasteiger partial charge in [0.05, 0.1) is 11.9 Å². The van der Waals surface area contributed by atoms with E-state index in [0.717, 1.165) is 13.8 Å². The third kappa shape index (κ3) is 6.23. The Morgan fingerprint density at radius 2 is 1.53 bits per heavy atom. The fraction of sp³-hybridized carbons (Fsp3) is 0.647. The Hall–Kier alpha value is -2.54. The average Bonchev–Trinajstić information content (AvgIpc) is 3.11. The molecule has 0 aromatic carbocycles. The lowest BCUT2D eigenvalue weighted by molar-refractivity contribution is -0.270. The van der Waals surface area contributed by atoms with Gasteiger partial charge in [-0.15, -0.1) is 5.10 Å². The predicted octanol–water partition coefficient (Wildman–Crippen LogP) is 0.429. The second kappa shape index (κ2) is 10.5. The first-order valence-electron chi connectivity index (χ1n) is 8.89. The highest BCUT2D eigenvalue weighted by atomic mass is 79.9. The van der Waals surface area contributed by atoms with Crippen LogP contribution < -0.4 is 0 Å². The molecule has 0 aliphatic carbocycles. The first-order chi connectivity index (χ1) is 14.1. The quantitative estimate of drug-likeness (QED) is 0.297. The minimum atomic E-state index is -1.26. The maximum absolute atomic E-state index is 11.8. The Kier molecular flexibility index (Phi) is 8.29. The number of esters is 4. The van der Waals surface area contributed by atoms with E-state index in [9.17, 15) is 19.2 Å². The third-order valence-electron chi connectivity index (χ3n) is 3.92. The van der Waals surface area contributed by atoms with E-state index in [0.29, 0.717) is 11.0 Å². The Balaban J connectivity index is 2.50. The van der Waals surface area contributed by atoms with Gasteiger partial charge < -0.3 is 23.7 Å². The van der Waals surface area contributed by atoms with Crippen molar-refractivity contribution in [1.29, 1.82) is 0 Å². The van der Waals surface area contributed by atoms with Gasteiger partial charge in [0.2, 0.25) is 0 Å². The van der Waals surface area contributed by atoms with E-state index in [1.54, 1.807) is 0 Å². The van der Waals surface area contributed by atoms with E-state index in [-0.39, 0.29) is 6.61 Å². The fourth-order valence-corrected chi connectivity index (χ4v) is 3.17. The summed E-state index contributed by atoms with van der Waals surface area (Å²) in [5.41, 5.74) is 0.558. The lowest BCUT2D eigenvalue weighted by Gasteiger charge is -2.44. The number of carbonyl (C=O) groups is 4. The molecule has 2 heterocycles. The van der Waals surface area contributed by atoms with Crippen LogP contribution in [0.4, 0.5) is 0 Å². The van der Waals surface area contributed by atoms with Gasteiger partial charge in [-0.25, -0.2) is 4.68 Å². The molecule has 1 fully saturated rings. The number of carbonyl (C=O) groups excluding carboxylic acids is 4. The van der Waals surface area contributed by atoms with Gasteiger partial charge in [-0.05, 0) is 0 Å². The van der Waals surface area contributed by atoms with Crippen molar-refractivity contribution in [3.05, 3.63) is 11.9 Å². The summed E-state index contributed by atoms with van der Waals surface area (Å²) in [6.45, 7) is 4.36. The topological polar surface area (TPSA) is 145 Å². The van der Waals surface area contributed by atoms with E-state index >= 15 is 0 Å². The Morgan fingerprint density at radius 3 is 2.03 bits per heavy atom. The monoisotopic (exact) mass is 491 g/mol. The Labute approximate surface area is 180 Å². The van der Waals surface area contributed by atoms with Crippen LogP contribution in [0.5, 0.6) is 0 Å². The number of nitrogens with zero attached hydrogens (tertiary/aromatic N) is 3. The molecule has 0 amide bonds. The fourth-order valence-electron chi connectivity index (χ4n) is 2.92. The summed E-state index contributed by atoms with van der Waals surface area (Å²) in [5, 5.41) is 8.31. The van der Waals surface area contributed by atoms with Gasteiger partial charge >= 0.3 is 23.9 Å². The summed E-state index contributed by atoms with van der Waals surface area (Å²) in [6, 6.07) is 0. The van der Waals surface area contributed by atoms with Crippen molar-refractivity contribution in [2.45, 2.75) is 63.7 Å². The third-order valence-corrected chi connectivity index (χ3v) is 4.50. The molecule has 0 N–H and O–H groups in total. The molecule has 13 heteroatoms. The van der Waals surface area contributed by atoms with Crippen molar-refractivity contribution in [3.63, 3.8) is 0 Å². The zero-order chi connectivity index (χ0) is 22.4. The van der Waals surface area contributed by atoms with Crippen LogP contribution in [0.2, 0.25) is 0 Å². The average molecular weight is 492 g/mol. The molecule has 1 aromatic heterocycles. The minimum absolute atomic E-state index is 0.311. The van der Waals surface area contributed by atoms with Crippen molar-refractivity contribution in [1.82, 2.24) is 15.0 Å². The zero-order valence-electron chi connectivity index (χ0n) is 16.8. The number of halogens is 1. The molecule has 1 aliphatic heterocycles. The lowest BCUT2D eigenvalue weighted by atomic mass is 9.97. The second-order valence-electron chi connectivity index (χ2n) is 6.41. The van der Waals surface area contributed by atoms with Gasteiger partial charge in [0, 0.05) is 33.0 Å². The maximum atomic E-state index is 11.8. The number of hydrogen-bond acceptors (Lipinski definition) is 11. The molecule has 0 spiro atoms. The number of rotatable bonds is 7. The Morgan fingerprint density at radius 1 is 0.967 bits per heavy atom. The summed E-state index contributed by atoms with van der Waals surface area (Å²) in [7, 11) is 0. The van der Waals surface area contributed by atoms with Gasteiger partial charge in [0.25, 0.3) is 0 Å². The van der Waals surface area contributed by atoms with Crippen LogP contribution in [0.3, 0.4) is 0 Å². The summed E-state index contributed by atoms with van der Waals surface area (Å²) >= 11 is 3.26. The van der Waals surface area contributed by atoms with Crippen LogP contribution in [0.1, 0.15) is 39.6 Å². The van der Waals surface area contributed by atoms with E-state index < -0.39 is 54.5 Å². The van der Waals surface area contributed by atoms with Crippen molar-refractivity contribution < 1.29 is 42.9 Å². The normalized spacial score (nSPS) is 25.8. The van der Waals surface area contributed by atoms with Gasteiger partial charge in [-0.1, -0.05) is 21.1 Å². The molecule has 166 valence electrons. The first-order valence-corrected chi connectivity index (χ1v) is 10.0. The maximum Gasteiger partial charge on any atom is 0.303 e. The summed E-state index contributed by atoms with van der Waals surface area (Å²) in [6.07, 6.45) is -4.32. The molecule has 1 unspecified atom stereocenters. The van der Waals surface area contributed by atoms with Crippen LogP contribution in [-0.4, -0.2) is 69.9 Å². The molecule has 12 nitrogen and oxygen atoms in total. The van der Waals surface area contributed by atoms with E-state index in [2.05, 4.69) is 26.2 Å². The molecule has 1 aromatic rings. The van der Waals surface area contributed by atoms with Crippen molar-refractivity contribution in [2.24, 2.45) is 0 Å². The highest BCUT2D eigenvalue weighted by Crippen LogP contribution is 2.34. The van der Waals surface area contributed by atoms with E-state index in [1.165, 1.54) is 24.7 Å². The number of ether oxygens (including phenoxy) is 5. The highest BCUT2D eigenvalue weighted by Gasteiger charge is 2.53. The van der Waals surface area contributed by atoms with E-state index in [4.69, 9.17) is 23.7 Å². The summed E-state index contributed by atoms with van der Waals surface area (Å²) in [5.74, 6) is -2.69. The molecule has 1 aliphatic rings. The van der Waals surface area contributed by atoms with Crippen LogP contribution in [0, 0.1) is 0 Å². The predicted molar refractivity (Wildman–Crippen MR) is 99.9 cm³/mol. The molecular weight excluding hydrogens is 470 g/mol. The van der Waals surface area contributed by atoms with Crippen LogP contribution in [-0.2, 0) is 48.2 Å². The number of hydrogen-bond donors (Lipinski definition) is 0. The van der Waals surface area contributed by atoms with Gasteiger partial charge in [-0.3, -0.25) is 19.2 Å². The lowest BCUT2D eigenvalue weighted by Crippen LogP contribution is -2.60. The van der Waals surface area contributed by atoms with Crippen LogP contribution in [0.15, 0.2) is 6.20 Å². The Bertz CT molecular complexity index is 799. The molecule has 2 rings (SSSR count). The molecule has 0 saturated carbocycles. The molecule has 5 atom stereocenters. The molecule has 0 radical (unpaired) electrons. The van der Waals surface area contributed by atoms with Crippen molar-refractivity contribution >= 4 is 39.8 Å². The number of alkyl halides is 1. The van der Waals surface area contributed by atoms with Crippen LogP contribution in [0.25, 0.3) is 0 Å². The van der Waals surface area contributed by atoms with Gasteiger partial charge in [-0.2, -0.15) is 0 Å². The smallest absolute Gasteiger partial charge is 0.303 e. The van der Waals surface area contributed by atoms with Crippen molar-refractivity contribution in [2.75, 3.05) is 6.61 Å². The molecule has 30 heavy (non-hydrogen) atoms. The first kappa shape index (κ1) is 23.7. The van der Waals surface area contributed by atoms with Gasteiger partial charge in [0.1, 0.15) is 12.7 Å². The van der Waals surface area contributed by atoms with Crippen molar-refractivity contribution in [3.8, 4) is 0 Å².